The van der Waals surface area contributed by atoms with Gasteiger partial charge >= 0.3 is 6.18 Å². The molecule has 2 aromatic rings. The molecular weight excluding hydrogens is 283 g/mol. The Morgan fingerprint density at radius 3 is 2.57 bits per heavy atom. The molecule has 1 aromatic carbocycles. The van der Waals surface area contributed by atoms with Crippen molar-refractivity contribution in [1.82, 2.24) is 10.3 Å². The number of nitrogen functional groups attached to an aromatic ring is 1. The van der Waals surface area contributed by atoms with E-state index in [2.05, 4.69) is 10.3 Å². The first-order chi connectivity index (χ1) is 9.78. The molecule has 7 heteroatoms. The fourth-order valence-electron chi connectivity index (χ4n) is 2.10. The highest BCUT2D eigenvalue weighted by atomic mass is 19.4. The third-order valence-electron chi connectivity index (χ3n) is 2.99. The Balaban J connectivity index is 2.26. The Bertz CT molecular complexity index is 670. The van der Waals surface area contributed by atoms with Crippen molar-refractivity contribution in [3.8, 4) is 0 Å². The average molecular weight is 297 g/mol. The SMILES string of the molecule is CC(CC(F)(F)F)NC(=O)c1cnc(N)c2ccccc12. The van der Waals surface area contributed by atoms with Crippen LogP contribution in [0.25, 0.3) is 10.8 Å². The quantitative estimate of drug-likeness (QED) is 0.915. The number of carbonyl (C=O) groups is 1. The summed E-state index contributed by atoms with van der Waals surface area (Å²) in [6, 6.07) is 5.82. The highest BCUT2D eigenvalue weighted by Gasteiger charge is 2.30. The van der Waals surface area contributed by atoms with Crippen molar-refractivity contribution in [3.05, 3.63) is 36.0 Å². The van der Waals surface area contributed by atoms with Crippen LogP contribution in [-0.2, 0) is 0 Å². The number of anilines is 1. The smallest absolute Gasteiger partial charge is 0.383 e. The Kier molecular flexibility index (Phi) is 4.02. The average Bonchev–Trinajstić information content (AvgIpc) is 2.37. The number of rotatable bonds is 3. The summed E-state index contributed by atoms with van der Waals surface area (Å²) in [7, 11) is 0. The number of nitrogens with zero attached hydrogens (tertiary/aromatic N) is 1. The highest BCUT2D eigenvalue weighted by molar-refractivity contribution is 6.09. The molecule has 1 aromatic heterocycles. The zero-order chi connectivity index (χ0) is 15.6. The number of benzene rings is 1. The molecule has 0 aliphatic heterocycles. The minimum absolute atomic E-state index is 0.203. The normalized spacial score (nSPS) is 13.1. The van der Waals surface area contributed by atoms with Crippen LogP contribution in [0.15, 0.2) is 30.5 Å². The molecule has 0 aliphatic carbocycles. The molecule has 0 spiro atoms. The largest absolute Gasteiger partial charge is 0.391 e. The summed E-state index contributed by atoms with van der Waals surface area (Å²) in [6.07, 6.45) is -4.14. The van der Waals surface area contributed by atoms with Gasteiger partial charge in [0.1, 0.15) is 5.82 Å². The molecule has 0 fully saturated rings. The zero-order valence-electron chi connectivity index (χ0n) is 11.2. The fraction of sp³-hybridized carbons (Fsp3) is 0.286. The number of fused-ring (bicyclic) bond motifs is 1. The van der Waals surface area contributed by atoms with Gasteiger partial charge in [0.15, 0.2) is 0 Å². The fourth-order valence-corrected chi connectivity index (χ4v) is 2.10. The summed E-state index contributed by atoms with van der Waals surface area (Å²) in [6.45, 7) is 1.30. The number of amides is 1. The molecule has 0 bridgehead atoms. The van der Waals surface area contributed by atoms with Gasteiger partial charge in [-0.2, -0.15) is 13.2 Å². The van der Waals surface area contributed by atoms with E-state index in [-0.39, 0.29) is 11.4 Å². The lowest BCUT2D eigenvalue weighted by molar-refractivity contribution is -0.138. The first-order valence-electron chi connectivity index (χ1n) is 6.29. The monoisotopic (exact) mass is 297 g/mol. The van der Waals surface area contributed by atoms with Gasteiger partial charge in [-0.25, -0.2) is 4.98 Å². The number of alkyl halides is 3. The van der Waals surface area contributed by atoms with Crippen molar-refractivity contribution in [2.75, 3.05) is 5.73 Å². The number of nitrogens with one attached hydrogen (secondary N) is 1. The summed E-state index contributed by atoms with van der Waals surface area (Å²) >= 11 is 0. The minimum Gasteiger partial charge on any atom is -0.383 e. The van der Waals surface area contributed by atoms with Gasteiger partial charge in [-0.1, -0.05) is 24.3 Å². The zero-order valence-corrected chi connectivity index (χ0v) is 11.2. The molecule has 0 aliphatic rings. The topological polar surface area (TPSA) is 68.0 Å². The third kappa shape index (κ3) is 3.62. The van der Waals surface area contributed by atoms with Crippen LogP contribution in [-0.4, -0.2) is 23.1 Å². The number of carbonyl (C=O) groups excluding carboxylic acids is 1. The van der Waals surface area contributed by atoms with Crippen molar-refractivity contribution in [2.45, 2.75) is 25.6 Å². The van der Waals surface area contributed by atoms with E-state index in [0.717, 1.165) is 0 Å². The Morgan fingerprint density at radius 2 is 1.95 bits per heavy atom. The van der Waals surface area contributed by atoms with Gasteiger partial charge in [0.25, 0.3) is 5.91 Å². The second-order valence-corrected chi connectivity index (χ2v) is 4.80. The maximum absolute atomic E-state index is 12.3. The predicted octanol–water partition coefficient (Wildman–Crippen LogP) is 2.89. The first-order valence-corrected chi connectivity index (χ1v) is 6.29. The summed E-state index contributed by atoms with van der Waals surface area (Å²) in [4.78, 5) is 16.0. The van der Waals surface area contributed by atoms with Gasteiger partial charge in [-0.3, -0.25) is 4.79 Å². The number of halogens is 3. The van der Waals surface area contributed by atoms with Gasteiger partial charge in [0.05, 0.1) is 12.0 Å². The van der Waals surface area contributed by atoms with Gasteiger partial charge in [0, 0.05) is 17.6 Å². The molecule has 1 amide bonds. The van der Waals surface area contributed by atoms with Crippen LogP contribution >= 0.6 is 0 Å². The van der Waals surface area contributed by atoms with Gasteiger partial charge < -0.3 is 11.1 Å². The molecule has 21 heavy (non-hydrogen) atoms. The summed E-state index contributed by atoms with van der Waals surface area (Å²) in [5.74, 6) is -0.332. The Labute approximate surface area is 119 Å². The van der Waals surface area contributed by atoms with E-state index >= 15 is 0 Å². The number of hydrogen-bond donors (Lipinski definition) is 2. The lowest BCUT2D eigenvalue weighted by Gasteiger charge is -2.16. The van der Waals surface area contributed by atoms with E-state index in [4.69, 9.17) is 5.73 Å². The van der Waals surface area contributed by atoms with E-state index in [1.807, 2.05) is 0 Å². The Hall–Kier alpha value is -2.31. The van der Waals surface area contributed by atoms with Crippen molar-refractivity contribution < 1.29 is 18.0 Å². The van der Waals surface area contributed by atoms with Crippen LogP contribution in [0.1, 0.15) is 23.7 Å². The van der Waals surface area contributed by atoms with Crippen molar-refractivity contribution in [3.63, 3.8) is 0 Å². The lowest BCUT2D eigenvalue weighted by Crippen LogP contribution is -2.36. The van der Waals surface area contributed by atoms with Gasteiger partial charge in [-0.15, -0.1) is 0 Å². The molecule has 1 atom stereocenters. The van der Waals surface area contributed by atoms with Gasteiger partial charge in [0.2, 0.25) is 0 Å². The van der Waals surface area contributed by atoms with Crippen molar-refractivity contribution >= 4 is 22.5 Å². The van der Waals surface area contributed by atoms with Crippen LogP contribution in [0.4, 0.5) is 19.0 Å². The summed E-state index contributed by atoms with van der Waals surface area (Å²) in [5, 5.41) is 3.47. The van der Waals surface area contributed by atoms with E-state index in [9.17, 15) is 18.0 Å². The van der Waals surface area contributed by atoms with Crippen molar-refractivity contribution in [1.29, 1.82) is 0 Å². The molecule has 1 heterocycles. The summed E-state index contributed by atoms with van der Waals surface area (Å²) in [5.41, 5.74) is 5.92. The lowest BCUT2D eigenvalue weighted by atomic mass is 10.1. The van der Waals surface area contributed by atoms with Gasteiger partial charge in [-0.05, 0) is 12.3 Å². The minimum atomic E-state index is -4.33. The summed E-state index contributed by atoms with van der Waals surface area (Å²) < 4.78 is 36.9. The van der Waals surface area contributed by atoms with Crippen LogP contribution < -0.4 is 11.1 Å². The van der Waals surface area contributed by atoms with E-state index < -0.39 is 24.5 Å². The van der Waals surface area contributed by atoms with E-state index in [1.54, 1.807) is 24.3 Å². The molecule has 0 radical (unpaired) electrons. The highest BCUT2D eigenvalue weighted by Crippen LogP contribution is 2.24. The number of nitrogens with two attached hydrogens (primary N) is 1. The van der Waals surface area contributed by atoms with Crippen molar-refractivity contribution in [2.24, 2.45) is 0 Å². The van der Waals surface area contributed by atoms with E-state index in [0.29, 0.717) is 10.8 Å². The number of hydrogen-bond acceptors (Lipinski definition) is 3. The maximum Gasteiger partial charge on any atom is 0.391 e. The third-order valence-corrected chi connectivity index (χ3v) is 2.99. The molecule has 2 rings (SSSR count). The van der Waals surface area contributed by atoms with Crippen LogP contribution in [0.5, 0.6) is 0 Å². The second kappa shape index (κ2) is 5.59. The Morgan fingerprint density at radius 1 is 1.33 bits per heavy atom. The predicted molar refractivity (Wildman–Crippen MR) is 73.8 cm³/mol. The molecule has 3 N–H and O–H groups in total. The molecule has 1 unspecified atom stereocenters. The van der Waals surface area contributed by atoms with E-state index in [1.165, 1.54) is 13.1 Å². The first kappa shape index (κ1) is 15.1. The van der Waals surface area contributed by atoms with Crippen LogP contribution in [0.3, 0.4) is 0 Å². The molecule has 0 saturated heterocycles. The number of aromatic nitrogens is 1. The standard InChI is InChI=1S/C14H14F3N3O/c1-8(6-14(15,16)17)20-13(21)11-7-19-12(18)10-5-3-2-4-9(10)11/h2-5,7-8H,6H2,1H3,(H2,18,19)(H,20,21). The molecular formula is C14H14F3N3O. The number of pyridine rings is 1. The maximum atomic E-state index is 12.3. The van der Waals surface area contributed by atoms with Crippen LogP contribution in [0, 0.1) is 0 Å². The molecule has 4 nitrogen and oxygen atoms in total. The van der Waals surface area contributed by atoms with Crippen LogP contribution in [0.2, 0.25) is 0 Å². The second-order valence-electron chi connectivity index (χ2n) is 4.80. The molecule has 0 saturated carbocycles. The molecule has 112 valence electrons.